The molecule has 0 spiro atoms. The minimum atomic E-state index is -0.516. The van der Waals surface area contributed by atoms with Gasteiger partial charge < -0.3 is 4.90 Å². The van der Waals surface area contributed by atoms with Crippen molar-refractivity contribution < 1.29 is 9.59 Å². The minimum Gasteiger partial charge on any atom is -0.334 e. The fourth-order valence-corrected chi connectivity index (χ4v) is 1.90. The van der Waals surface area contributed by atoms with E-state index in [0.717, 1.165) is 11.1 Å². The van der Waals surface area contributed by atoms with Gasteiger partial charge in [-0.05, 0) is 6.92 Å². The normalized spacial score (nSPS) is 10.3. The Hall–Kier alpha value is -2.43. The predicted octanol–water partition coefficient (Wildman–Crippen LogP) is 1.57. The van der Waals surface area contributed by atoms with E-state index in [0.29, 0.717) is 12.1 Å². The Morgan fingerprint density at radius 3 is 2.45 bits per heavy atom. The maximum Gasteiger partial charge on any atom is 0.295 e. The summed E-state index contributed by atoms with van der Waals surface area (Å²) in [5.41, 5.74) is 2.36. The molecule has 0 saturated heterocycles. The predicted molar refractivity (Wildman–Crippen MR) is 75.2 cm³/mol. The molecule has 20 heavy (non-hydrogen) atoms. The molecular formula is C15H17N3O2. The zero-order valence-corrected chi connectivity index (χ0v) is 11.8. The number of rotatable bonds is 4. The van der Waals surface area contributed by atoms with Gasteiger partial charge in [-0.3, -0.25) is 14.3 Å². The first-order valence-corrected chi connectivity index (χ1v) is 6.31. The summed E-state index contributed by atoms with van der Waals surface area (Å²) in [5.74, 6) is -1.01. The molecular weight excluding hydrogens is 254 g/mol. The molecule has 0 N–H and O–H groups in total. The van der Waals surface area contributed by atoms with Crippen LogP contribution in [0.15, 0.2) is 36.7 Å². The number of benzene rings is 1. The zero-order chi connectivity index (χ0) is 14.7. The fourth-order valence-electron chi connectivity index (χ4n) is 1.90. The van der Waals surface area contributed by atoms with E-state index >= 15 is 0 Å². The average molecular weight is 271 g/mol. The number of ketones is 1. The quantitative estimate of drug-likeness (QED) is 0.626. The van der Waals surface area contributed by atoms with Crippen molar-refractivity contribution in [3.63, 3.8) is 0 Å². The highest BCUT2D eigenvalue weighted by atomic mass is 16.2. The highest BCUT2D eigenvalue weighted by Crippen LogP contribution is 2.08. The van der Waals surface area contributed by atoms with Gasteiger partial charge in [-0.2, -0.15) is 5.10 Å². The number of hydrogen-bond acceptors (Lipinski definition) is 3. The van der Waals surface area contributed by atoms with Gasteiger partial charge in [-0.15, -0.1) is 0 Å². The SMILES string of the molecule is Cc1ccc(C(=O)C(=O)N(C)Cc2cnn(C)c2)cc1. The van der Waals surface area contributed by atoms with Crippen LogP contribution in [0.3, 0.4) is 0 Å². The van der Waals surface area contributed by atoms with E-state index in [1.54, 1.807) is 30.1 Å². The number of carbonyl (C=O) groups is 2. The molecule has 0 aliphatic carbocycles. The second-order valence-corrected chi connectivity index (χ2v) is 4.88. The van der Waals surface area contributed by atoms with Crippen LogP contribution in [0.4, 0.5) is 0 Å². The van der Waals surface area contributed by atoms with Gasteiger partial charge in [0.25, 0.3) is 5.91 Å². The van der Waals surface area contributed by atoms with Gasteiger partial charge in [0.15, 0.2) is 0 Å². The first-order valence-electron chi connectivity index (χ1n) is 6.31. The lowest BCUT2D eigenvalue weighted by Crippen LogP contribution is -2.32. The second kappa shape index (κ2) is 5.69. The Labute approximate surface area is 117 Å². The maximum atomic E-state index is 12.1. The summed E-state index contributed by atoms with van der Waals surface area (Å²) >= 11 is 0. The molecule has 2 rings (SSSR count). The number of hydrogen-bond donors (Lipinski definition) is 0. The van der Waals surface area contributed by atoms with E-state index in [9.17, 15) is 9.59 Å². The van der Waals surface area contributed by atoms with Crippen LogP contribution in [-0.2, 0) is 18.4 Å². The lowest BCUT2D eigenvalue weighted by molar-refractivity contribution is -0.125. The lowest BCUT2D eigenvalue weighted by Gasteiger charge is -2.15. The second-order valence-electron chi connectivity index (χ2n) is 4.88. The van der Waals surface area contributed by atoms with Gasteiger partial charge in [0.1, 0.15) is 0 Å². The number of aryl methyl sites for hydroxylation is 2. The molecule has 1 heterocycles. The molecule has 0 aliphatic heterocycles. The van der Waals surface area contributed by atoms with Gasteiger partial charge in [0, 0.05) is 38.0 Å². The Kier molecular flexibility index (Phi) is 3.98. The molecule has 0 aliphatic rings. The summed E-state index contributed by atoms with van der Waals surface area (Å²) in [5, 5.41) is 4.04. The third-order valence-electron chi connectivity index (χ3n) is 3.03. The number of amides is 1. The van der Waals surface area contributed by atoms with Crippen molar-refractivity contribution >= 4 is 11.7 Å². The number of likely N-dealkylation sites (N-methyl/N-ethyl adjacent to an activating group) is 1. The van der Waals surface area contributed by atoms with Crippen LogP contribution in [0, 0.1) is 6.92 Å². The minimum absolute atomic E-state index is 0.365. The molecule has 1 amide bonds. The smallest absolute Gasteiger partial charge is 0.295 e. The molecule has 1 aromatic heterocycles. The molecule has 0 saturated carbocycles. The van der Waals surface area contributed by atoms with Gasteiger partial charge in [-0.1, -0.05) is 29.8 Å². The summed E-state index contributed by atoms with van der Waals surface area (Å²) < 4.78 is 1.66. The molecule has 0 bridgehead atoms. The van der Waals surface area contributed by atoms with E-state index in [1.807, 2.05) is 32.3 Å². The third kappa shape index (κ3) is 3.12. The highest BCUT2D eigenvalue weighted by molar-refractivity contribution is 6.42. The maximum absolute atomic E-state index is 12.1. The summed E-state index contributed by atoms with van der Waals surface area (Å²) in [7, 11) is 3.42. The summed E-state index contributed by atoms with van der Waals surface area (Å²) in [6.07, 6.45) is 3.50. The van der Waals surface area contributed by atoms with Crippen LogP contribution in [-0.4, -0.2) is 33.4 Å². The van der Waals surface area contributed by atoms with Crippen LogP contribution >= 0.6 is 0 Å². The Morgan fingerprint density at radius 2 is 1.90 bits per heavy atom. The Balaban J connectivity index is 2.06. The van der Waals surface area contributed by atoms with Crippen molar-refractivity contribution in [3.05, 3.63) is 53.3 Å². The highest BCUT2D eigenvalue weighted by Gasteiger charge is 2.20. The van der Waals surface area contributed by atoms with Crippen LogP contribution in [0.1, 0.15) is 21.5 Å². The standard InChI is InChI=1S/C15H17N3O2/c1-11-4-6-13(7-5-11)14(19)15(20)17(2)9-12-8-16-18(3)10-12/h4-8,10H,9H2,1-3H3. The molecule has 2 aromatic rings. The Morgan fingerprint density at radius 1 is 1.25 bits per heavy atom. The summed E-state index contributed by atoms with van der Waals surface area (Å²) in [6, 6.07) is 6.99. The topological polar surface area (TPSA) is 55.2 Å². The molecule has 5 heteroatoms. The van der Waals surface area contributed by atoms with Crippen molar-refractivity contribution in [1.29, 1.82) is 0 Å². The molecule has 0 unspecified atom stereocenters. The van der Waals surface area contributed by atoms with E-state index in [-0.39, 0.29) is 0 Å². The summed E-state index contributed by atoms with van der Waals surface area (Å²) in [4.78, 5) is 25.6. The number of nitrogens with zero attached hydrogens (tertiary/aromatic N) is 3. The Bertz CT molecular complexity index is 629. The van der Waals surface area contributed by atoms with Crippen molar-refractivity contribution in [1.82, 2.24) is 14.7 Å². The number of aromatic nitrogens is 2. The van der Waals surface area contributed by atoms with Crippen molar-refractivity contribution in [2.45, 2.75) is 13.5 Å². The first-order chi connectivity index (χ1) is 9.47. The van der Waals surface area contributed by atoms with Crippen molar-refractivity contribution in [3.8, 4) is 0 Å². The van der Waals surface area contributed by atoms with E-state index in [2.05, 4.69) is 5.10 Å². The molecule has 104 valence electrons. The van der Waals surface area contributed by atoms with Gasteiger partial charge in [0.05, 0.1) is 6.20 Å². The van der Waals surface area contributed by atoms with Gasteiger partial charge in [-0.25, -0.2) is 0 Å². The van der Waals surface area contributed by atoms with E-state index in [1.165, 1.54) is 4.90 Å². The van der Waals surface area contributed by atoms with Crippen molar-refractivity contribution in [2.24, 2.45) is 7.05 Å². The van der Waals surface area contributed by atoms with Crippen molar-refractivity contribution in [2.75, 3.05) is 7.05 Å². The van der Waals surface area contributed by atoms with Crippen LogP contribution < -0.4 is 0 Å². The van der Waals surface area contributed by atoms with Gasteiger partial charge in [0.2, 0.25) is 5.78 Å². The molecule has 1 aromatic carbocycles. The van der Waals surface area contributed by atoms with Crippen LogP contribution in [0.5, 0.6) is 0 Å². The summed E-state index contributed by atoms with van der Waals surface area (Å²) in [6.45, 7) is 2.30. The van der Waals surface area contributed by atoms with E-state index < -0.39 is 11.7 Å². The molecule has 0 atom stereocenters. The zero-order valence-electron chi connectivity index (χ0n) is 11.8. The monoisotopic (exact) mass is 271 g/mol. The fraction of sp³-hybridized carbons (Fsp3) is 0.267. The number of Topliss-reactive ketones (excluding diaryl/α,β-unsaturated/α-hetero) is 1. The molecule has 5 nitrogen and oxygen atoms in total. The average Bonchev–Trinajstić information content (AvgIpc) is 2.83. The molecule has 0 fully saturated rings. The largest absolute Gasteiger partial charge is 0.334 e. The number of carbonyl (C=O) groups excluding carboxylic acids is 2. The van der Waals surface area contributed by atoms with Crippen LogP contribution in [0.2, 0.25) is 0 Å². The third-order valence-corrected chi connectivity index (χ3v) is 3.03. The van der Waals surface area contributed by atoms with Gasteiger partial charge >= 0.3 is 0 Å². The molecule has 0 radical (unpaired) electrons. The first kappa shape index (κ1) is 14.0. The lowest BCUT2D eigenvalue weighted by atomic mass is 10.1. The van der Waals surface area contributed by atoms with Crippen LogP contribution in [0.25, 0.3) is 0 Å². The van der Waals surface area contributed by atoms with E-state index in [4.69, 9.17) is 0 Å².